The lowest BCUT2D eigenvalue weighted by molar-refractivity contribution is -0.141. The van der Waals surface area contributed by atoms with Crippen LogP contribution in [0.15, 0.2) is 22.7 Å². The van der Waals surface area contributed by atoms with Crippen molar-refractivity contribution >= 4 is 27.6 Å². The minimum absolute atomic E-state index is 0.0627. The molecule has 0 saturated carbocycles. The molecule has 0 aromatic heterocycles. The molecular weight excluding hydrogens is 310 g/mol. The minimum Gasteiger partial charge on any atom is -0.425 e. The van der Waals surface area contributed by atoms with Gasteiger partial charge in [0.25, 0.3) is 0 Å². The number of halogens is 1. The van der Waals surface area contributed by atoms with Crippen LogP contribution < -0.4 is 10.5 Å². The molecule has 0 bridgehead atoms. The Bertz CT molecular complexity index is 476. The Balaban J connectivity index is 2.11. The van der Waals surface area contributed by atoms with Crippen molar-refractivity contribution in [3.63, 3.8) is 0 Å². The van der Waals surface area contributed by atoms with E-state index < -0.39 is 0 Å². The molecule has 2 N–H and O–H groups in total. The van der Waals surface area contributed by atoms with Crippen molar-refractivity contribution in [2.75, 3.05) is 12.3 Å². The van der Waals surface area contributed by atoms with Gasteiger partial charge in [-0.3, -0.25) is 4.79 Å². The van der Waals surface area contributed by atoms with Crippen molar-refractivity contribution in [2.24, 2.45) is 11.8 Å². The summed E-state index contributed by atoms with van der Waals surface area (Å²) in [5.41, 5.74) is 6.31. The summed E-state index contributed by atoms with van der Waals surface area (Å²) in [4.78, 5) is 12.2. The van der Waals surface area contributed by atoms with Crippen molar-refractivity contribution < 1.29 is 14.3 Å². The van der Waals surface area contributed by atoms with Crippen LogP contribution in [0.5, 0.6) is 5.75 Å². The summed E-state index contributed by atoms with van der Waals surface area (Å²) in [5.74, 6) is 0.305. The van der Waals surface area contributed by atoms with Crippen LogP contribution in [0, 0.1) is 11.8 Å². The van der Waals surface area contributed by atoms with E-state index in [0.29, 0.717) is 34.9 Å². The highest BCUT2D eigenvalue weighted by Gasteiger charge is 2.37. The Kier molecular flexibility index (Phi) is 4.47. The highest BCUT2D eigenvalue weighted by Crippen LogP contribution is 2.33. The smallest absolute Gasteiger partial charge is 0.317 e. The Morgan fingerprint density at radius 3 is 2.95 bits per heavy atom. The molecule has 5 heteroatoms. The number of nitrogens with two attached hydrogens (primary N) is 1. The van der Waals surface area contributed by atoms with Gasteiger partial charge >= 0.3 is 5.97 Å². The third-order valence-electron chi connectivity index (χ3n) is 3.30. The molecule has 1 fully saturated rings. The van der Waals surface area contributed by atoms with Gasteiger partial charge < -0.3 is 15.2 Å². The summed E-state index contributed by atoms with van der Waals surface area (Å²) in [7, 11) is 0. The number of hydrogen-bond donors (Lipinski definition) is 1. The third kappa shape index (κ3) is 3.09. The van der Waals surface area contributed by atoms with Crippen LogP contribution in [-0.2, 0) is 9.53 Å². The topological polar surface area (TPSA) is 61.5 Å². The van der Waals surface area contributed by atoms with E-state index in [9.17, 15) is 4.79 Å². The molecule has 1 aliphatic rings. The number of anilines is 1. The molecule has 2 unspecified atom stereocenters. The Hall–Kier alpha value is -1.07. The van der Waals surface area contributed by atoms with Crippen LogP contribution in [0.25, 0.3) is 0 Å². The molecule has 0 radical (unpaired) electrons. The number of nitrogen functional groups attached to an aromatic ring is 1. The zero-order valence-corrected chi connectivity index (χ0v) is 12.6. The van der Waals surface area contributed by atoms with Gasteiger partial charge in [0.2, 0.25) is 0 Å². The predicted octanol–water partition coefficient (Wildman–Crippen LogP) is 3.00. The first-order valence-corrected chi connectivity index (χ1v) is 7.17. The zero-order valence-electron chi connectivity index (χ0n) is 11.1. The van der Waals surface area contributed by atoms with Gasteiger partial charge in [-0.2, -0.15) is 0 Å². The average Bonchev–Trinajstić information content (AvgIpc) is 2.84. The maximum atomic E-state index is 12.2. The molecule has 104 valence electrons. The van der Waals surface area contributed by atoms with E-state index >= 15 is 0 Å². The second kappa shape index (κ2) is 5.92. The SMILES string of the molecule is CC(C)C1OCCC1C(=O)Oc1cccc(N)c1Br. The highest BCUT2D eigenvalue weighted by molar-refractivity contribution is 9.10. The molecule has 1 aromatic carbocycles. The van der Waals surface area contributed by atoms with Crippen LogP contribution in [0.1, 0.15) is 20.3 Å². The lowest BCUT2D eigenvalue weighted by Gasteiger charge is -2.20. The number of carbonyl (C=O) groups is 1. The van der Waals surface area contributed by atoms with Gasteiger partial charge in [-0.1, -0.05) is 19.9 Å². The molecule has 2 rings (SSSR count). The fourth-order valence-electron chi connectivity index (χ4n) is 2.31. The zero-order chi connectivity index (χ0) is 14.0. The van der Waals surface area contributed by atoms with Gasteiger partial charge in [0.15, 0.2) is 0 Å². The van der Waals surface area contributed by atoms with E-state index in [1.54, 1.807) is 18.2 Å². The van der Waals surface area contributed by atoms with Crippen LogP contribution in [-0.4, -0.2) is 18.7 Å². The largest absolute Gasteiger partial charge is 0.425 e. The fourth-order valence-corrected chi connectivity index (χ4v) is 2.66. The summed E-state index contributed by atoms with van der Waals surface area (Å²) in [5, 5.41) is 0. The summed E-state index contributed by atoms with van der Waals surface area (Å²) in [6, 6.07) is 5.23. The van der Waals surface area contributed by atoms with Gasteiger partial charge in [-0.05, 0) is 40.4 Å². The molecule has 1 aliphatic heterocycles. The Morgan fingerprint density at radius 2 is 2.26 bits per heavy atom. The third-order valence-corrected chi connectivity index (χ3v) is 4.15. The second-order valence-corrected chi connectivity index (χ2v) is 5.85. The molecule has 1 aromatic rings. The second-order valence-electron chi connectivity index (χ2n) is 5.06. The summed E-state index contributed by atoms with van der Waals surface area (Å²) < 4.78 is 11.7. The van der Waals surface area contributed by atoms with E-state index in [1.807, 2.05) is 13.8 Å². The summed E-state index contributed by atoms with van der Waals surface area (Å²) in [6.07, 6.45) is 0.647. The van der Waals surface area contributed by atoms with Gasteiger partial charge in [0.1, 0.15) is 5.75 Å². The lowest BCUT2D eigenvalue weighted by atomic mass is 9.93. The first-order chi connectivity index (χ1) is 9.00. The van der Waals surface area contributed by atoms with Crippen LogP contribution >= 0.6 is 15.9 Å². The molecule has 1 heterocycles. The molecule has 2 atom stereocenters. The summed E-state index contributed by atoms with van der Waals surface area (Å²) in [6.45, 7) is 4.71. The van der Waals surface area contributed by atoms with Crippen LogP contribution in [0.2, 0.25) is 0 Å². The average molecular weight is 328 g/mol. The fraction of sp³-hybridized carbons (Fsp3) is 0.500. The molecule has 0 spiro atoms. The van der Waals surface area contributed by atoms with Crippen LogP contribution in [0.4, 0.5) is 5.69 Å². The number of ether oxygens (including phenoxy) is 2. The molecule has 0 aliphatic carbocycles. The van der Waals surface area contributed by atoms with Gasteiger partial charge in [-0.25, -0.2) is 0 Å². The number of rotatable bonds is 3. The monoisotopic (exact) mass is 327 g/mol. The van der Waals surface area contributed by atoms with Crippen molar-refractivity contribution in [1.82, 2.24) is 0 Å². The molecule has 0 amide bonds. The van der Waals surface area contributed by atoms with Crippen molar-refractivity contribution in [3.8, 4) is 5.75 Å². The summed E-state index contributed by atoms with van der Waals surface area (Å²) >= 11 is 3.33. The predicted molar refractivity (Wildman–Crippen MR) is 76.9 cm³/mol. The quantitative estimate of drug-likeness (QED) is 0.526. The van der Waals surface area contributed by atoms with E-state index in [2.05, 4.69) is 15.9 Å². The van der Waals surface area contributed by atoms with Crippen LogP contribution in [0.3, 0.4) is 0 Å². The van der Waals surface area contributed by atoms with E-state index in [1.165, 1.54) is 0 Å². The van der Waals surface area contributed by atoms with Gasteiger partial charge in [-0.15, -0.1) is 0 Å². The van der Waals surface area contributed by atoms with Crippen molar-refractivity contribution in [2.45, 2.75) is 26.4 Å². The maximum Gasteiger partial charge on any atom is 0.317 e. The molecule has 4 nitrogen and oxygen atoms in total. The molecule has 19 heavy (non-hydrogen) atoms. The maximum absolute atomic E-state index is 12.2. The number of carbonyl (C=O) groups excluding carboxylic acids is 1. The lowest BCUT2D eigenvalue weighted by Crippen LogP contribution is -2.31. The van der Waals surface area contributed by atoms with E-state index in [0.717, 1.165) is 0 Å². The first-order valence-electron chi connectivity index (χ1n) is 6.38. The molecular formula is C14H18BrNO3. The Labute approximate surface area is 121 Å². The molecule has 1 saturated heterocycles. The number of benzene rings is 1. The Morgan fingerprint density at radius 1 is 1.53 bits per heavy atom. The minimum atomic E-state index is -0.248. The first kappa shape index (κ1) is 14.3. The number of hydrogen-bond acceptors (Lipinski definition) is 4. The van der Waals surface area contributed by atoms with Gasteiger partial charge in [0, 0.05) is 12.3 Å². The van der Waals surface area contributed by atoms with Gasteiger partial charge in [0.05, 0.1) is 16.5 Å². The highest BCUT2D eigenvalue weighted by atomic mass is 79.9. The van der Waals surface area contributed by atoms with Crippen molar-refractivity contribution in [1.29, 1.82) is 0 Å². The normalized spacial score (nSPS) is 22.7. The standard InChI is InChI=1S/C14H18BrNO3/c1-8(2)13-9(6-7-18-13)14(17)19-11-5-3-4-10(16)12(11)15/h3-5,8-9,13H,6-7,16H2,1-2H3. The van der Waals surface area contributed by atoms with E-state index in [-0.39, 0.29) is 18.0 Å². The van der Waals surface area contributed by atoms with Crippen molar-refractivity contribution in [3.05, 3.63) is 22.7 Å². The number of esters is 1. The van der Waals surface area contributed by atoms with E-state index in [4.69, 9.17) is 15.2 Å².